The van der Waals surface area contributed by atoms with Gasteiger partial charge in [-0.1, -0.05) is 11.6 Å². The minimum absolute atomic E-state index is 0.0739. The third-order valence-electron chi connectivity index (χ3n) is 4.76. The number of nitrogens with zero attached hydrogens (tertiary/aromatic N) is 7. The number of non-ortho nitro benzene ring substituents is 1. The van der Waals surface area contributed by atoms with Crippen LogP contribution >= 0.6 is 11.6 Å². The first-order chi connectivity index (χ1) is 15.1. The molecule has 2 aromatic rings. The predicted molar refractivity (Wildman–Crippen MR) is 115 cm³/mol. The zero-order valence-electron chi connectivity index (χ0n) is 16.6. The number of rotatable bonds is 6. The van der Waals surface area contributed by atoms with E-state index in [0.717, 1.165) is 0 Å². The number of ether oxygens (including phenoxy) is 2. The number of benzene rings is 1. The van der Waals surface area contributed by atoms with E-state index in [1.54, 1.807) is 0 Å². The number of aromatic nitrogens is 3. The van der Waals surface area contributed by atoms with Gasteiger partial charge in [0.05, 0.1) is 37.6 Å². The highest BCUT2D eigenvalue weighted by Gasteiger charge is 2.20. The maximum Gasteiger partial charge on any atom is 0.270 e. The number of hydrogen-bond donors (Lipinski definition) is 1. The molecule has 0 aliphatic carbocycles. The smallest absolute Gasteiger partial charge is 0.270 e. The highest BCUT2D eigenvalue weighted by Crippen LogP contribution is 2.21. The molecule has 1 N–H and O–H groups in total. The Kier molecular flexibility index (Phi) is 6.70. The molecule has 13 heteroatoms. The molecule has 1 aromatic heterocycles. The van der Waals surface area contributed by atoms with Crippen LogP contribution < -0.4 is 15.2 Å². The maximum atomic E-state index is 11.0. The van der Waals surface area contributed by atoms with Crippen LogP contribution in [0, 0.1) is 10.1 Å². The number of nitro groups is 1. The first kappa shape index (κ1) is 21.2. The zero-order valence-corrected chi connectivity index (χ0v) is 17.4. The Hall–Kier alpha value is -3.09. The average molecular weight is 449 g/mol. The fourth-order valence-corrected chi connectivity index (χ4v) is 3.28. The fraction of sp³-hybridized carbons (Fsp3) is 0.444. The van der Waals surface area contributed by atoms with Gasteiger partial charge in [0, 0.05) is 48.9 Å². The Morgan fingerprint density at radius 2 is 1.61 bits per heavy atom. The summed E-state index contributed by atoms with van der Waals surface area (Å²) in [7, 11) is 0. The molecular weight excluding hydrogens is 428 g/mol. The second-order valence-corrected chi connectivity index (χ2v) is 7.20. The lowest BCUT2D eigenvalue weighted by molar-refractivity contribution is -0.384. The van der Waals surface area contributed by atoms with E-state index in [9.17, 15) is 10.1 Å². The van der Waals surface area contributed by atoms with E-state index in [1.807, 2.05) is 9.80 Å². The molecule has 12 nitrogen and oxygen atoms in total. The maximum absolute atomic E-state index is 11.0. The van der Waals surface area contributed by atoms with Crippen LogP contribution in [0.5, 0.6) is 0 Å². The molecule has 0 unspecified atom stereocenters. The molecular formula is C18H21ClN8O4. The van der Waals surface area contributed by atoms with Gasteiger partial charge in [-0.2, -0.15) is 20.1 Å². The van der Waals surface area contributed by atoms with Crippen LogP contribution in [0.3, 0.4) is 0 Å². The van der Waals surface area contributed by atoms with Gasteiger partial charge in [0.15, 0.2) is 0 Å². The fourth-order valence-electron chi connectivity index (χ4n) is 3.12. The number of hydrazone groups is 1. The van der Waals surface area contributed by atoms with Crippen molar-refractivity contribution in [3.8, 4) is 0 Å². The molecule has 2 fully saturated rings. The van der Waals surface area contributed by atoms with Gasteiger partial charge in [0.2, 0.25) is 17.8 Å². The lowest BCUT2D eigenvalue weighted by Gasteiger charge is -2.30. The number of morpholine rings is 2. The van der Waals surface area contributed by atoms with Crippen LogP contribution in [-0.2, 0) is 9.47 Å². The van der Waals surface area contributed by atoms with Crippen LogP contribution in [0.2, 0.25) is 5.02 Å². The van der Waals surface area contributed by atoms with Crippen molar-refractivity contribution in [2.45, 2.75) is 0 Å². The Balaban J connectivity index is 1.57. The highest BCUT2D eigenvalue weighted by molar-refractivity contribution is 6.33. The van der Waals surface area contributed by atoms with Crippen LogP contribution in [0.15, 0.2) is 23.3 Å². The quantitative estimate of drug-likeness (QED) is 0.394. The molecule has 0 radical (unpaired) electrons. The topological polar surface area (TPSA) is 131 Å². The Morgan fingerprint density at radius 1 is 1.03 bits per heavy atom. The molecule has 31 heavy (non-hydrogen) atoms. The Labute approximate surface area is 183 Å². The summed E-state index contributed by atoms with van der Waals surface area (Å²) in [6, 6.07) is 4.14. The van der Waals surface area contributed by atoms with Crippen molar-refractivity contribution >= 4 is 41.3 Å². The highest BCUT2D eigenvalue weighted by atomic mass is 35.5. The van der Waals surface area contributed by atoms with E-state index >= 15 is 0 Å². The zero-order chi connectivity index (χ0) is 21.6. The molecule has 164 valence electrons. The standard InChI is InChI=1S/C18H21ClN8O4/c19-15-2-1-14(27(28)29)11-13(15)12-20-24-16-21-17(25-3-7-30-8-4-25)23-18(22-16)26-5-9-31-10-6-26/h1-2,11-12H,3-10H2,(H,21,22,23,24)/b20-12+. The molecule has 2 aliphatic rings. The van der Waals surface area contributed by atoms with E-state index in [4.69, 9.17) is 21.1 Å². The average Bonchev–Trinajstić information content (AvgIpc) is 2.81. The summed E-state index contributed by atoms with van der Waals surface area (Å²) >= 11 is 6.12. The first-order valence-corrected chi connectivity index (χ1v) is 10.1. The monoisotopic (exact) mass is 448 g/mol. The van der Waals surface area contributed by atoms with Crippen molar-refractivity contribution in [3.63, 3.8) is 0 Å². The lowest BCUT2D eigenvalue weighted by atomic mass is 10.2. The van der Waals surface area contributed by atoms with Crippen molar-refractivity contribution in [2.75, 3.05) is 67.8 Å². The van der Waals surface area contributed by atoms with Gasteiger partial charge in [0.25, 0.3) is 5.69 Å². The van der Waals surface area contributed by atoms with Gasteiger partial charge < -0.3 is 19.3 Å². The van der Waals surface area contributed by atoms with Crippen molar-refractivity contribution in [2.24, 2.45) is 5.10 Å². The summed E-state index contributed by atoms with van der Waals surface area (Å²) in [6.07, 6.45) is 1.39. The molecule has 2 aliphatic heterocycles. The van der Waals surface area contributed by atoms with Crippen LogP contribution in [0.1, 0.15) is 5.56 Å². The van der Waals surface area contributed by atoms with Crippen molar-refractivity contribution < 1.29 is 14.4 Å². The number of nitro benzene ring substituents is 1. The van der Waals surface area contributed by atoms with Crippen molar-refractivity contribution in [1.29, 1.82) is 0 Å². The largest absolute Gasteiger partial charge is 0.378 e. The van der Waals surface area contributed by atoms with Crippen molar-refractivity contribution in [1.82, 2.24) is 15.0 Å². The summed E-state index contributed by atoms with van der Waals surface area (Å²) in [4.78, 5) is 28.1. The van der Waals surface area contributed by atoms with Crippen LogP contribution in [-0.4, -0.2) is 78.7 Å². The van der Waals surface area contributed by atoms with Gasteiger partial charge in [-0.05, 0) is 6.07 Å². The minimum atomic E-state index is -0.490. The Bertz CT molecular complexity index is 927. The third kappa shape index (κ3) is 5.34. The molecule has 0 spiro atoms. The normalized spacial score (nSPS) is 17.2. The summed E-state index contributed by atoms with van der Waals surface area (Å²) in [5.74, 6) is 1.33. The molecule has 2 saturated heterocycles. The number of halogens is 1. The Morgan fingerprint density at radius 3 is 2.16 bits per heavy atom. The third-order valence-corrected chi connectivity index (χ3v) is 5.10. The molecule has 0 saturated carbocycles. The second-order valence-electron chi connectivity index (χ2n) is 6.79. The first-order valence-electron chi connectivity index (χ1n) is 9.74. The van der Waals surface area contributed by atoms with E-state index in [2.05, 4.69) is 25.5 Å². The van der Waals surface area contributed by atoms with E-state index in [1.165, 1.54) is 24.4 Å². The lowest BCUT2D eigenvalue weighted by Crippen LogP contribution is -2.40. The van der Waals surface area contributed by atoms with Gasteiger partial charge in [-0.3, -0.25) is 10.1 Å². The van der Waals surface area contributed by atoms with Crippen molar-refractivity contribution in [3.05, 3.63) is 38.9 Å². The van der Waals surface area contributed by atoms with Gasteiger partial charge >= 0.3 is 0 Å². The van der Waals surface area contributed by atoms with E-state index in [-0.39, 0.29) is 11.6 Å². The van der Waals surface area contributed by atoms with Gasteiger partial charge in [0.1, 0.15) is 0 Å². The summed E-state index contributed by atoms with van der Waals surface area (Å²) < 4.78 is 10.8. The predicted octanol–water partition coefficient (Wildman–Crippen LogP) is 1.55. The summed E-state index contributed by atoms with van der Waals surface area (Å²) in [5.41, 5.74) is 3.12. The van der Waals surface area contributed by atoms with Gasteiger partial charge in [-0.15, -0.1) is 0 Å². The molecule has 1 aromatic carbocycles. The second kappa shape index (κ2) is 9.81. The minimum Gasteiger partial charge on any atom is -0.378 e. The molecule has 0 bridgehead atoms. The summed E-state index contributed by atoms with van der Waals surface area (Å²) in [6.45, 7) is 5.12. The molecule has 0 atom stereocenters. The molecule has 4 rings (SSSR count). The number of nitrogens with one attached hydrogen (secondary N) is 1. The van der Waals surface area contributed by atoms with Crippen LogP contribution in [0.25, 0.3) is 0 Å². The SMILES string of the molecule is O=[N+]([O-])c1ccc(Cl)c(/C=N/Nc2nc(N3CCOCC3)nc(N3CCOCC3)n2)c1. The molecule has 3 heterocycles. The van der Waals surface area contributed by atoms with Gasteiger partial charge in [-0.25, -0.2) is 5.43 Å². The van der Waals surface area contributed by atoms with E-state index in [0.29, 0.717) is 75.1 Å². The number of hydrogen-bond acceptors (Lipinski definition) is 11. The van der Waals surface area contributed by atoms with E-state index < -0.39 is 4.92 Å². The summed E-state index contributed by atoms with van der Waals surface area (Å²) in [5, 5.41) is 15.5. The number of anilines is 3. The molecule has 0 amide bonds. The van der Waals surface area contributed by atoms with Crippen LogP contribution in [0.4, 0.5) is 23.5 Å².